The average Bonchev–Trinajstić information content (AvgIpc) is 3.20. The minimum absolute atomic E-state index is 0.0313. The van der Waals surface area contributed by atoms with Gasteiger partial charge < -0.3 is 15.6 Å². The summed E-state index contributed by atoms with van der Waals surface area (Å²) in [6.45, 7) is 4.78. The highest BCUT2D eigenvalue weighted by Crippen LogP contribution is 2.35. The predicted octanol–water partition coefficient (Wildman–Crippen LogP) is 2.80. The molecule has 0 aliphatic carbocycles. The highest BCUT2D eigenvalue weighted by atomic mass is 16.2. The Balaban J connectivity index is 1.68. The molecule has 1 aromatic carbocycles. The first kappa shape index (κ1) is 15.7. The van der Waals surface area contributed by atoms with E-state index in [1.807, 2.05) is 38.1 Å². The molecule has 1 saturated heterocycles. The van der Waals surface area contributed by atoms with Gasteiger partial charge in [0, 0.05) is 35.1 Å². The molecule has 2 aliphatic heterocycles. The molecule has 2 amide bonds. The summed E-state index contributed by atoms with van der Waals surface area (Å²) in [5, 5.41) is 5.80. The number of anilines is 1. The summed E-state index contributed by atoms with van der Waals surface area (Å²) in [4.78, 5) is 27.5. The van der Waals surface area contributed by atoms with Gasteiger partial charge in [-0.25, -0.2) is 0 Å². The molecule has 128 valence electrons. The van der Waals surface area contributed by atoms with Crippen LogP contribution in [-0.2, 0) is 16.0 Å². The van der Waals surface area contributed by atoms with Gasteiger partial charge in [0.2, 0.25) is 5.91 Å². The second-order valence-electron chi connectivity index (χ2n) is 6.92. The van der Waals surface area contributed by atoms with E-state index in [-0.39, 0.29) is 17.7 Å². The van der Waals surface area contributed by atoms with E-state index in [1.54, 1.807) is 0 Å². The molecule has 1 unspecified atom stereocenters. The molecule has 2 aromatic rings. The largest absolute Gasteiger partial charge is 0.359 e. The number of carbonyl (C=O) groups is 2. The Morgan fingerprint density at radius 2 is 2.04 bits per heavy atom. The third-order valence-corrected chi connectivity index (χ3v) is 4.99. The number of hydrogen-bond acceptors (Lipinski definition) is 2. The number of hydrogen-bond donors (Lipinski definition) is 3. The van der Waals surface area contributed by atoms with E-state index in [0.29, 0.717) is 12.0 Å². The monoisotopic (exact) mass is 335 g/mol. The fraction of sp³-hybridized carbons (Fsp3) is 0.300. The third kappa shape index (κ3) is 2.86. The van der Waals surface area contributed by atoms with Crippen LogP contribution in [0.2, 0.25) is 0 Å². The van der Waals surface area contributed by atoms with Gasteiger partial charge in [0.05, 0.1) is 5.57 Å². The molecule has 3 N–H and O–H groups in total. The maximum absolute atomic E-state index is 12.4. The van der Waals surface area contributed by atoms with Crippen LogP contribution in [0, 0.1) is 19.8 Å². The van der Waals surface area contributed by atoms with Crippen LogP contribution < -0.4 is 10.6 Å². The molecule has 5 heteroatoms. The number of nitrogens with one attached hydrogen (secondary N) is 3. The van der Waals surface area contributed by atoms with Crippen molar-refractivity contribution in [2.75, 3.05) is 11.9 Å². The number of H-pyrrole nitrogens is 1. The summed E-state index contributed by atoms with van der Waals surface area (Å²) < 4.78 is 0. The topological polar surface area (TPSA) is 74.0 Å². The zero-order chi connectivity index (χ0) is 17.6. The second-order valence-corrected chi connectivity index (χ2v) is 6.92. The van der Waals surface area contributed by atoms with E-state index in [2.05, 4.69) is 21.7 Å². The average molecular weight is 335 g/mol. The van der Waals surface area contributed by atoms with E-state index in [1.165, 1.54) is 0 Å². The normalized spacial score (nSPS) is 20.7. The first-order valence-electron chi connectivity index (χ1n) is 8.61. The molecular weight excluding hydrogens is 314 g/mol. The van der Waals surface area contributed by atoms with E-state index in [9.17, 15) is 9.59 Å². The summed E-state index contributed by atoms with van der Waals surface area (Å²) in [6.07, 6.45) is 3.49. The fourth-order valence-electron chi connectivity index (χ4n) is 3.67. The van der Waals surface area contributed by atoms with Crippen molar-refractivity contribution in [3.05, 3.63) is 52.3 Å². The number of aromatic amines is 1. The molecule has 0 spiro atoms. The van der Waals surface area contributed by atoms with Gasteiger partial charge in [-0.3, -0.25) is 9.59 Å². The highest BCUT2D eigenvalue weighted by Gasteiger charge is 2.27. The van der Waals surface area contributed by atoms with Crippen molar-refractivity contribution < 1.29 is 9.59 Å². The molecule has 5 nitrogen and oxygen atoms in total. The van der Waals surface area contributed by atoms with Crippen molar-refractivity contribution in [1.29, 1.82) is 0 Å². The molecule has 1 atom stereocenters. The van der Waals surface area contributed by atoms with Crippen molar-refractivity contribution in [1.82, 2.24) is 10.3 Å². The lowest BCUT2D eigenvalue weighted by molar-refractivity contribution is -0.122. The van der Waals surface area contributed by atoms with Crippen LogP contribution in [0.5, 0.6) is 0 Å². The number of carbonyl (C=O) groups excluding carboxylic acids is 2. The van der Waals surface area contributed by atoms with Crippen molar-refractivity contribution >= 4 is 29.2 Å². The Kier molecular flexibility index (Phi) is 3.71. The number of rotatable bonds is 3. The Morgan fingerprint density at radius 1 is 1.20 bits per heavy atom. The number of benzene rings is 1. The van der Waals surface area contributed by atoms with Crippen molar-refractivity contribution in [2.45, 2.75) is 26.7 Å². The van der Waals surface area contributed by atoms with Crippen LogP contribution in [0.3, 0.4) is 0 Å². The smallest absolute Gasteiger partial charge is 0.256 e. The number of amides is 2. The molecule has 3 heterocycles. The summed E-state index contributed by atoms with van der Waals surface area (Å²) in [5.41, 5.74) is 6.63. The van der Waals surface area contributed by atoms with Gasteiger partial charge in [-0.05, 0) is 62.1 Å². The summed E-state index contributed by atoms with van der Waals surface area (Å²) in [7, 11) is 0. The fourth-order valence-corrected chi connectivity index (χ4v) is 3.67. The first-order valence-corrected chi connectivity index (χ1v) is 8.61. The quantitative estimate of drug-likeness (QED) is 0.755. The Bertz CT molecular complexity index is 908. The lowest BCUT2D eigenvalue weighted by Crippen LogP contribution is -2.20. The van der Waals surface area contributed by atoms with Gasteiger partial charge in [0.1, 0.15) is 0 Å². The van der Waals surface area contributed by atoms with Gasteiger partial charge in [-0.1, -0.05) is 6.07 Å². The zero-order valence-corrected chi connectivity index (χ0v) is 14.4. The minimum atomic E-state index is -0.0857. The Labute approximate surface area is 146 Å². The Hall–Kier alpha value is -2.82. The lowest BCUT2D eigenvalue weighted by Gasteiger charge is -2.08. The first-order chi connectivity index (χ1) is 12.0. The molecule has 1 aromatic heterocycles. The standard InChI is InChI=1S/C20H21N3O2/c1-11-7-12(2)22-18(11)10-16-15-9-13(3-4-17(15)23-20(16)25)8-14-5-6-21-19(14)24/h3-4,7,9-10,14,22H,5-6,8H2,1-2H3,(H,21,24)(H,23,25). The van der Waals surface area contributed by atoms with Crippen molar-refractivity contribution in [3.8, 4) is 0 Å². The van der Waals surface area contributed by atoms with E-state index >= 15 is 0 Å². The van der Waals surface area contributed by atoms with E-state index in [4.69, 9.17) is 0 Å². The maximum atomic E-state index is 12.4. The summed E-state index contributed by atoms with van der Waals surface area (Å²) >= 11 is 0. The highest BCUT2D eigenvalue weighted by molar-refractivity contribution is 6.34. The minimum Gasteiger partial charge on any atom is -0.359 e. The SMILES string of the molecule is Cc1cc(C)c(C=C2C(=O)Nc3ccc(CC4CCNC4=O)cc32)[nH]1. The number of fused-ring (bicyclic) bond motifs is 1. The second kappa shape index (κ2) is 5.92. The van der Waals surface area contributed by atoms with E-state index < -0.39 is 0 Å². The van der Waals surface area contributed by atoms with Gasteiger partial charge in [-0.2, -0.15) is 0 Å². The van der Waals surface area contributed by atoms with Gasteiger partial charge in [0.25, 0.3) is 5.91 Å². The van der Waals surface area contributed by atoms with Crippen LogP contribution >= 0.6 is 0 Å². The maximum Gasteiger partial charge on any atom is 0.256 e. The number of aryl methyl sites for hydroxylation is 2. The summed E-state index contributed by atoms with van der Waals surface area (Å²) in [5.74, 6) is 0.0733. The Morgan fingerprint density at radius 3 is 2.72 bits per heavy atom. The predicted molar refractivity (Wildman–Crippen MR) is 98.0 cm³/mol. The van der Waals surface area contributed by atoms with Crippen LogP contribution in [0.4, 0.5) is 5.69 Å². The van der Waals surface area contributed by atoms with Gasteiger partial charge in [-0.15, -0.1) is 0 Å². The van der Waals surface area contributed by atoms with Crippen LogP contribution in [-0.4, -0.2) is 23.3 Å². The van der Waals surface area contributed by atoms with Crippen LogP contribution in [0.1, 0.15) is 34.5 Å². The lowest BCUT2D eigenvalue weighted by atomic mass is 9.95. The molecule has 0 radical (unpaired) electrons. The zero-order valence-electron chi connectivity index (χ0n) is 14.4. The van der Waals surface area contributed by atoms with Crippen molar-refractivity contribution in [3.63, 3.8) is 0 Å². The molecule has 25 heavy (non-hydrogen) atoms. The molecule has 4 rings (SSSR count). The molecule has 0 saturated carbocycles. The van der Waals surface area contributed by atoms with Gasteiger partial charge >= 0.3 is 0 Å². The third-order valence-electron chi connectivity index (χ3n) is 4.99. The van der Waals surface area contributed by atoms with Crippen molar-refractivity contribution in [2.24, 2.45) is 5.92 Å². The molecular formula is C20H21N3O2. The van der Waals surface area contributed by atoms with Crippen LogP contribution in [0.25, 0.3) is 11.6 Å². The molecule has 1 fully saturated rings. The van der Waals surface area contributed by atoms with Gasteiger partial charge in [0.15, 0.2) is 0 Å². The molecule has 2 aliphatic rings. The molecule has 0 bridgehead atoms. The van der Waals surface area contributed by atoms with E-state index in [0.717, 1.165) is 46.7 Å². The number of aromatic nitrogens is 1. The van der Waals surface area contributed by atoms with Crippen LogP contribution in [0.15, 0.2) is 24.3 Å². The summed E-state index contributed by atoms with van der Waals surface area (Å²) in [6, 6.07) is 8.03.